The summed E-state index contributed by atoms with van der Waals surface area (Å²) in [6.45, 7) is 2.00. The zero-order valence-corrected chi connectivity index (χ0v) is 12.6. The molecule has 0 spiro atoms. The summed E-state index contributed by atoms with van der Waals surface area (Å²) in [6.07, 6.45) is 2.13. The Morgan fingerprint density at radius 1 is 1.17 bits per heavy atom. The highest BCUT2D eigenvalue weighted by atomic mass is 16.5. The molecule has 1 amide bonds. The quantitative estimate of drug-likeness (QED) is 0.576. The topological polar surface area (TPSA) is 73.4 Å². The molecule has 2 N–H and O–H groups in total. The molecule has 5 nitrogen and oxygen atoms in total. The van der Waals surface area contributed by atoms with E-state index in [1.807, 2.05) is 19.1 Å². The van der Waals surface area contributed by atoms with Gasteiger partial charge in [-0.25, -0.2) is 0 Å². The Morgan fingerprint density at radius 3 is 2.61 bits per heavy atom. The maximum atomic E-state index is 12.6. The SMILES string of the molecule is CCc1ccc2[nH]cc(C(=O)N(O)c3ccccc3)c(=O)c2c1. The molecular formula is C18H16N2O3. The summed E-state index contributed by atoms with van der Waals surface area (Å²) in [7, 11) is 0. The van der Waals surface area contributed by atoms with Gasteiger partial charge >= 0.3 is 0 Å². The molecule has 116 valence electrons. The Kier molecular flexibility index (Phi) is 3.95. The second-order valence-corrected chi connectivity index (χ2v) is 5.22. The van der Waals surface area contributed by atoms with Crippen molar-refractivity contribution in [2.45, 2.75) is 13.3 Å². The van der Waals surface area contributed by atoms with E-state index in [2.05, 4.69) is 4.98 Å². The Bertz CT molecular complexity index is 916. The van der Waals surface area contributed by atoms with Crippen LogP contribution in [0, 0.1) is 0 Å². The number of anilines is 1. The Labute approximate surface area is 132 Å². The summed E-state index contributed by atoms with van der Waals surface area (Å²) in [6, 6.07) is 13.9. The van der Waals surface area contributed by atoms with Gasteiger partial charge < -0.3 is 4.98 Å². The number of hydrogen-bond donors (Lipinski definition) is 2. The third-order valence-electron chi connectivity index (χ3n) is 3.78. The molecule has 0 saturated carbocycles. The summed E-state index contributed by atoms with van der Waals surface area (Å²) in [4.78, 5) is 28.0. The van der Waals surface area contributed by atoms with Gasteiger partial charge in [-0.05, 0) is 36.2 Å². The van der Waals surface area contributed by atoms with Crippen LogP contribution in [-0.2, 0) is 6.42 Å². The smallest absolute Gasteiger partial charge is 0.287 e. The van der Waals surface area contributed by atoms with Crippen LogP contribution in [0.4, 0.5) is 5.69 Å². The molecule has 1 aromatic heterocycles. The lowest BCUT2D eigenvalue weighted by atomic mass is 10.1. The van der Waals surface area contributed by atoms with Crippen LogP contribution in [0.15, 0.2) is 59.5 Å². The highest BCUT2D eigenvalue weighted by Gasteiger charge is 2.20. The molecule has 0 aliphatic carbocycles. The van der Waals surface area contributed by atoms with Crippen molar-refractivity contribution < 1.29 is 10.0 Å². The van der Waals surface area contributed by atoms with E-state index in [0.29, 0.717) is 21.7 Å². The lowest BCUT2D eigenvalue weighted by Crippen LogP contribution is -2.31. The molecule has 5 heteroatoms. The van der Waals surface area contributed by atoms with Gasteiger partial charge in [0.05, 0.1) is 5.69 Å². The lowest BCUT2D eigenvalue weighted by molar-refractivity contribution is 0.0853. The fourth-order valence-corrected chi connectivity index (χ4v) is 2.45. The third kappa shape index (κ3) is 2.74. The molecule has 0 unspecified atom stereocenters. The second-order valence-electron chi connectivity index (χ2n) is 5.22. The zero-order valence-electron chi connectivity index (χ0n) is 12.6. The summed E-state index contributed by atoms with van der Waals surface area (Å²) in [5.74, 6) is -0.763. The molecule has 3 rings (SSSR count). The van der Waals surface area contributed by atoms with Crippen LogP contribution >= 0.6 is 0 Å². The number of H-pyrrole nitrogens is 1. The van der Waals surface area contributed by atoms with Gasteiger partial charge in [-0.3, -0.25) is 14.8 Å². The first-order chi connectivity index (χ1) is 11.1. The van der Waals surface area contributed by atoms with Crippen LogP contribution in [0.5, 0.6) is 0 Å². The van der Waals surface area contributed by atoms with Crippen LogP contribution in [0.25, 0.3) is 10.9 Å². The molecule has 0 radical (unpaired) electrons. The predicted molar refractivity (Wildman–Crippen MR) is 89.0 cm³/mol. The third-order valence-corrected chi connectivity index (χ3v) is 3.78. The molecule has 2 aromatic carbocycles. The van der Waals surface area contributed by atoms with Gasteiger partial charge in [-0.1, -0.05) is 31.2 Å². The first kappa shape index (κ1) is 15.0. The van der Waals surface area contributed by atoms with Crippen molar-refractivity contribution in [1.29, 1.82) is 0 Å². The number of fused-ring (bicyclic) bond motifs is 1. The van der Waals surface area contributed by atoms with E-state index < -0.39 is 11.3 Å². The largest absolute Gasteiger partial charge is 0.360 e. The molecule has 0 atom stereocenters. The number of hydrogen-bond acceptors (Lipinski definition) is 3. The highest BCUT2D eigenvalue weighted by Crippen LogP contribution is 2.15. The number of rotatable bonds is 3. The van der Waals surface area contributed by atoms with Crippen molar-refractivity contribution in [3.05, 3.63) is 76.1 Å². The molecular weight excluding hydrogens is 292 g/mol. The molecule has 1 heterocycles. The van der Waals surface area contributed by atoms with E-state index in [1.165, 1.54) is 6.20 Å². The van der Waals surface area contributed by atoms with Gasteiger partial charge in [0, 0.05) is 17.1 Å². The van der Waals surface area contributed by atoms with Gasteiger partial charge in [-0.2, -0.15) is 5.06 Å². The van der Waals surface area contributed by atoms with Crippen molar-refractivity contribution in [3.8, 4) is 0 Å². The number of carbonyl (C=O) groups is 1. The van der Waals surface area contributed by atoms with Crippen molar-refractivity contribution in [3.63, 3.8) is 0 Å². The van der Waals surface area contributed by atoms with Gasteiger partial charge in [0.2, 0.25) is 5.43 Å². The Hall–Kier alpha value is -2.92. The molecule has 0 aliphatic heterocycles. The number of aryl methyl sites for hydroxylation is 1. The van der Waals surface area contributed by atoms with E-state index in [0.717, 1.165) is 12.0 Å². The average Bonchev–Trinajstić information content (AvgIpc) is 2.61. The van der Waals surface area contributed by atoms with E-state index in [9.17, 15) is 14.8 Å². The zero-order chi connectivity index (χ0) is 16.4. The molecule has 0 fully saturated rings. The molecule has 3 aromatic rings. The summed E-state index contributed by atoms with van der Waals surface area (Å²) < 4.78 is 0. The number of nitrogens with one attached hydrogen (secondary N) is 1. The van der Waals surface area contributed by atoms with E-state index in [1.54, 1.807) is 36.4 Å². The van der Waals surface area contributed by atoms with Crippen LogP contribution in [0.1, 0.15) is 22.8 Å². The fraction of sp³-hybridized carbons (Fsp3) is 0.111. The number of aromatic amines is 1. The van der Waals surface area contributed by atoms with Gasteiger partial charge in [0.15, 0.2) is 0 Å². The first-order valence-corrected chi connectivity index (χ1v) is 7.34. The van der Waals surface area contributed by atoms with Crippen molar-refractivity contribution in [1.82, 2.24) is 4.98 Å². The van der Waals surface area contributed by atoms with Crippen molar-refractivity contribution in [2.75, 3.05) is 5.06 Å². The highest BCUT2D eigenvalue weighted by molar-refractivity contribution is 6.05. The average molecular weight is 308 g/mol. The number of aromatic nitrogens is 1. The van der Waals surface area contributed by atoms with Gasteiger partial charge in [-0.15, -0.1) is 0 Å². The second kappa shape index (κ2) is 6.06. The number of benzene rings is 2. The monoisotopic (exact) mass is 308 g/mol. The summed E-state index contributed by atoms with van der Waals surface area (Å²) in [5, 5.41) is 11.0. The number of hydroxylamine groups is 1. The van der Waals surface area contributed by atoms with Crippen LogP contribution in [0.3, 0.4) is 0 Å². The maximum absolute atomic E-state index is 12.6. The van der Waals surface area contributed by atoms with E-state index in [4.69, 9.17) is 0 Å². The van der Waals surface area contributed by atoms with Gasteiger partial charge in [0.25, 0.3) is 5.91 Å². The summed E-state index contributed by atoms with van der Waals surface area (Å²) >= 11 is 0. The minimum absolute atomic E-state index is 0.0999. The number of nitrogens with zero attached hydrogens (tertiary/aromatic N) is 1. The van der Waals surface area contributed by atoms with Gasteiger partial charge in [0.1, 0.15) is 5.56 Å². The number of pyridine rings is 1. The van der Waals surface area contributed by atoms with Crippen molar-refractivity contribution in [2.24, 2.45) is 0 Å². The standard InChI is InChI=1S/C18H16N2O3/c1-2-12-8-9-16-14(10-12)17(21)15(11-19-16)18(22)20(23)13-6-4-3-5-7-13/h3-11,23H,2H2,1H3,(H,19,21). The predicted octanol–water partition coefficient (Wildman–Crippen LogP) is 3.13. The lowest BCUT2D eigenvalue weighted by Gasteiger charge is -2.14. The normalized spacial score (nSPS) is 10.7. The molecule has 0 saturated heterocycles. The Morgan fingerprint density at radius 2 is 1.91 bits per heavy atom. The van der Waals surface area contributed by atoms with E-state index in [-0.39, 0.29) is 5.56 Å². The van der Waals surface area contributed by atoms with E-state index >= 15 is 0 Å². The van der Waals surface area contributed by atoms with Crippen molar-refractivity contribution >= 4 is 22.5 Å². The molecule has 0 bridgehead atoms. The summed E-state index contributed by atoms with van der Waals surface area (Å²) in [5.41, 5.74) is 1.48. The minimum atomic E-state index is -0.763. The molecule has 0 aliphatic rings. The fourth-order valence-electron chi connectivity index (χ4n) is 2.45. The van der Waals surface area contributed by atoms with Crippen LogP contribution in [0.2, 0.25) is 0 Å². The Balaban J connectivity index is 2.07. The number of carbonyl (C=O) groups excluding carboxylic acids is 1. The molecule has 23 heavy (non-hydrogen) atoms. The number of para-hydroxylation sites is 1. The van der Waals surface area contributed by atoms with Crippen LogP contribution < -0.4 is 10.5 Å². The maximum Gasteiger partial charge on any atom is 0.287 e. The first-order valence-electron chi connectivity index (χ1n) is 7.34. The minimum Gasteiger partial charge on any atom is -0.360 e. The van der Waals surface area contributed by atoms with Crippen LogP contribution in [-0.4, -0.2) is 16.1 Å². The number of amides is 1.